The third kappa shape index (κ3) is 4.72. The highest BCUT2D eigenvalue weighted by Gasteiger charge is 2.22. The van der Waals surface area contributed by atoms with Crippen LogP contribution in [0.25, 0.3) is 0 Å². The quantitative estimate of drug-likeness (QED) is 0.719. The third-order valence-corrected chi connectivity index (χ3v) is 6.21. The van der Waals surface area contributed by atoms with Crippen molar-refractivity contribution in [3.63, 3.8) is 0 Å². The van der Waals surface area contributed by atoms with Gasteiger partial charge in [0.25, 0.3) is 0 Å². The van der Waals surface area contributed by atoms with Crippen LogP contribution in [0.15, 0.2) is 35.2 Å². The summed E-state index contributed by atoms with van der Waals surface area (Å²) in [5.74, 6) is 0. The van der Waals surface area contributed by atoms with Crippen LogP contribution in [0.4, 0.5) is 0 Å². The summed E-state index contributed by atoms with van der Waals surface area (Å²) in [5, 5.41) is 0. The first-order valence-corrected chi connectivity index (χ1v) is 8.42. The van der Waals surface area contributed by atoms with Crippen LogP contribution in [0.2, 0.25) is 0 Å². The minimum atomic E-state index is -3.33. The molecule has 0 spiro atoms. The van der Waals surface area contributed by atoms with E-state index in [-0.39, 0.29) is 5.49 Å². The van der Waals surface area contributed by atoms with E-state index in [9.17, 15) is 8.42 Å². The van der Waals surface area contributed by atoms with Gasteiger partial charge in [0.1, 0.15) is 5.49 Å². The lowest BCUT2D eigenvalue weighted by molar-refractivity contribution is 0.272. The van der Waals surface area contributed by atoms with Crippen molar-refractivity contribution in [1.29, 1.82) is 0 Å². The molecule has 0 aromatic heterocycles. The maximum Gasteiger partial charge on any atom is 0.186 e. The molecule has 0 fully saturated rings. The van der Waals surface area contributed by atoms with Gasteiger partial charge in [0.15, 0.2) is 18.2 Å². The van der Waals surface area contributed by atoms with Crippen molar-refractivity contribution in [3.05, 3.63) is 30.3 Å². The lowest BCUT2D eigenvalue weighted by Crippen LogP contribution is -2.08. The summed E-state index contributed by atoms with van der Waals surface area (Å²) in [6.45, 7) is 4.55. The second-order valence-electron chi connectivity index (χ2n) is 3.23. The molecular formula is C11H17O4PS. The van der Waals surface area contributed by atoms with Crippen molar-refractivity contribution >= 4 is 18.2 Å². The van der Waals surface area contributed by atoms with Gasteiger partial charge in [-0.05, 0) is 26.0 Å². The van der Waals surface area contributed by atoms with Crippen LogP contribution in [-0.2, 0) is 18.9 Å². The van der Waals surface area contributed by atoms with Crippen molar-refractivity contribution < 1.29 is 17.5 Å². The van der Waals surface area contributed by atoms with E-state index in [0.717, 1.165) is 0 Å². The molecule has 0 aliphatic heterocycles. The first kappa shape index (κ1) is 14.6. The fourth-order valence-corrected chi connectivity index (χ4v) is 4.77. The summed E-state index contributed by atoms with van der Waals surface area (Å²) < 4.78 is 34.7. The largest absolute Gasteiger partial charge is 0.334 e. The molecule has 0 aliphatic rings. The smallest absolute Gasteiger partial charge is 0.186 e. The van der Waals surface area contributed by atoms with Crippen LogP contribution in [0.3, 0.4) is 0 Å². The average molecular weight is 276 g/mol. The molecule has 0 radical (unpaired) electrons. The van der Waals surface area contributed by atoms with E-state index in [1.54, 1.807) is 30.3 Å². The minimum absolute atomic E-state index is 0.0893. The Labute approximate surface area is 104 Å². The Morgan fingerprint density at radius 3 is 2.06 bits per heavy atom. The van der Waals surface area contributed by atoms with Gasteiger partial charge in [-0.3, -0.25) is 0 Å². The monoisotopic (exact) mass is 276 g/mol. The van der Waals surface area contributed by atoms with Gasteiger partial charge in [0.2, 0.25) is 0 Å². The summed E-state index contributed by atoms with van der Waals surface area (Å²) in [4.78, 5) is 0.312. The van der Waals surface area contributed by atoms with Gasteiger partial charge in [0, 0.05) is 0 Å². The van der Waals surface area contributed by atoms with Crippen molar-refractivity contribution in [3.8, 4) is 0 Å². The molecule has 17 heavy (non-hydrogen) atoms. The molecule has 6 heteroatoms. The van der Waals surface area contributed by atoms with E-state index >= 15 is 0 Å². The number of sulfone groups is 1. The molecule has 0 saturated heterocycles. The van der Waals surface area contributed by atoms with Gasteiger partial charge in [-0.15, -0.1) is 0 Å². The Morgan fingerprint density at radius 1 is 1.06 bits per heavy atom. The second kappa shape index (κ2) is 7.07. The second-order valence-corrected chi connectivity index (χ2v) is 7.14. The van der Waals surface area contributed by atoms with Crippen LogP contribution in [0.1, 0.15) is 13.8 Å². The molecule has 1 aromatic rings. The van der Waals surface area contributed by atoms with Gasteiger partial charge in [-0.1, -0.05) is 18.2 Å². The van der Waals surface area contributed by atoms with Crippen molar-refractivity contribution in [2.24, 2.45) is 0 Å². The highest BCUT2D eigenvalue weighted by Crippen LogP contribution is 2.40. The lowest BCUT2D eigenvalue weighted by atomic mass is 10.4. The summed E-state index contributed by atoms with van der Waals surface area (Å²) in [6.07, 6.45) is 0. The molecule has 4 nitrogen and oxygen atoms in total. The fraction of sp³-hybridized carbons (Fsp3) is 0.455. The number of rotatable bonds is 7. The van der Waals surface area contributed by atoms with Crippen molar-refractivity contribution in [1.82, 2.24) is 0 Å². The first-order valence-electron chi connectivity index (χ1n) is 5.41. The maximum absolute atomic E-state index is 12.0. The zero-order chi connectivity index (χ0) is 12.7. The average Bonchev–Trinajstić information content (AvgIpc) is 2.30. The molecule has 96 valence electrons. The number of benzene rings is 1. The SMILES string of the molecule is CCOP(CS(=O)(=O)c1ccccc1)OCC. The van der Waals surface area contributed by atoms with Crippen molar-refractivity contribution in [2.75, 3.05) is 18.7 Å². The molecule has 0 amide bonds. The summed E-state index contributed by atoms with van der Waals surface area (Å²) in [6, 6.07) is 8.36. The molecule has 0 atom stereocenters. The van der Waals surface area contributed by atoms with E-state index in [0.29, 0.717) is 18.1 Å². The Kier molecular flexibility index (Phi) is 6.06. The predicted molar refractivity (Wildman–Crippen MR) is 68.7 cm³/mol. The Balaban J connectivity index is 2.77. The molecule has 1 aromatic carbocycles. The van der Waals surface area contributed by atoms with Gasteiger partial charge in [-0.2, -0.15) is 0 Å². The summed E-state index contributed by atoms with van der Waals surface area (Å²) in [5.41, 5.74) is -0.0893. The van der Waals surface area contributed by atoms with Gasteiger partial charge >= 0.3 is 0 Å². The van der Waals surface area contributed by atoms with Crippen LogP contribution < -0.4 is 0 Å². The Morgan fingerprint density at radius 2 is 1.59 bits per heavy atom. The fourth-order valence-electron chi connectivity index (χ4n) is 1.24. The molecule has 0 bridgehead atoms. The third-order valence-electron chi connectivity index (χ3n) is 1.92. The predicted octanol–water partition coefficient (Wildman–Crippen LogP) is 2.80. The Hall–Kier alpha value is -0.480. The highest BCUT2D eigenvalue weighted by atomic mass is 32.2. The summed E-state index contributed by atoms with van der Waals surface area (Å²) in [7, 11) is -4.69. The molecule has 0 saturated carbocycles. The van der Waals surface area contributed by atoms with Gasteiger partial charge < -0.3 is 9.05 Å². The number of hydrogen-bond acceptors (Lipinski definition) is 4. The van der Waals surface area contributed by atoms with E-state index in [4.69, 9.17) is 9.05 Å². The Bertz CT molecular complexity index is 412. The zero-order valence-corrected chi connectivity index (χ0v) is 11.7. The van der Waals surface area contributed by atoms with Gasteiger partial charge in [-0.25, -0.2) is 8.42 Å². The van der Waals surface area contributed by atoms with E-state index < -0.39 is 18.2 Å². The summed E-state index contributed by atoms with van der Waals surface area (Å²) >= 11 is 0. The molecule has 0 aliphatic carbocycles. The molecule has 0 unspecified atom stereocenters. The van der Waals surface area contributed by atoms with Crippen LogP contribution in [0.5, 0.6) is 0 Å². The van der Waals surface area contributed by atoms with Crippen LogP contribution in [-0.4, -0.2) is 27.1 Å². The van der Waals surface area contributed by atoms with Gasteiger partial charge in [0.05, 0.1) is 18.1 Å². The molecule has 0 N–H and O–H groups in total. The standard InChI is InChI=1S/C11H17O4PS/c1-3-14-16(15-4-2)10-17(12,13)11-8-6-5-7-9-11/h5-9H,3-4,10H2,1-2H3. The molecule has 1 rings (SSSR count). The van der Waals surface area contributed by atoms with Crippen LogP contribution >= 0.6 is 8.38 Å². The lowest BCUT2D eigenvalue weighted by Gasteiger charge is -2.15. The normalized spacial score (nSPS) is 11.9. The first-order chi connectivity index (χ1) is 8.10. The molecule has 0 heterocycles. The number of hydrogen-bond donors (Lipinski definition) is 0. The minimum Gasteiger partial charge on any atom is -0.334 e. The zero-order valence-electron chi connectivity index (χ0n) is 10.00. The van der Waals surface area contributed by atoms with Crippen molar-refractivity contribution in [2.45, 2.75) is 18.7 Å². The highest BCUT2D eigenvalue weighted by molar-refractivity contribution is 7.96. The van der Waals surface area contributed by atoms with Crippen LogP contribution in [0, 0.1) is 0 Å². The molecular weight excluding hydrogens is 259 g/mol. The topological polar surface area (TPSA) is 52.6 Å². The maximum atomic E-state index is 12.0. The van der Waals surface area contributed by atoms with E-state index in [1.165, 1.54) is 0 Å². The van der Waals surface area contributed by atoms with E-state index in [1.807, 2.05) is 13.8 Å². The van der Waals surface area contributed by atoms with E-state index in [2.05, 4.69) is 0 Å².